The fourth-order valence-corrected chi connectivity index (χ4v) is 3.16. The molecule has 2 aromatic heterocycles. The first kappa shape index (κ1) is 14.8. The van der Waals surface area contributed by atoms with Gasteiger partial charge >= 0.3 is 0 Å². The molecule has 4 rings (SSSR count). The van der Waals surface area contributed by atoms with Gasteiger partial charge in [-0.25, -0.2) is 5.01 Å². The Morgan fingerprint density at radius 1 is 0.958 bits per heavy atom. The molecule has 0 N–H and O–H groups in total. The number of rotatable bonds is 2. The van der Waals surface area contributed by atoms with Gasteiger partial charge in [-0.2, -0.15) is 0 Å². The summed E-state index contributed by atoms with van der Waals surface area (Å²) in [6, 6.07) is 12.4. The lowest BCUT2D eigenvalue weighted by molar-refractivity contribution is 0.129. The molecule has 3 heterocycles. The molecule has 1 aliphatic rings. The monoisotopic (exact) mass is 317 g/mol. The van der Waals surface area contributed by atoms with Crippen molar-refractivity contribution in [3.05, 3.63) is 65.7 Å². The standard InChI is InChI=1S/C19H19N5/c1-13-5-4-6-16(22-13)15-12-23(2)24(3)19(15)14-7-8-17-18(11-14)21-10-9-20-17/h4-11H,12H2,1-3H3. The van der Waals surface area contributed by atoms with Crippen LogP contribution in [0.15, 0.2) is 48.8 Å². The minimum atomic E-state index is 0.834. The first-order valence-electron chi connectivity index (χ1n) is 7.96. The zero-order valence-electron chi connectivity index (χ0n) is 14.1. The quantitative estimate of drug-likeness (QED) is 0.727. The van der Waals surface area contributed by atoms with Crippen LogP contribution in [0.4, 0.5) is 0 Å². The Morgan fingerprint density at radius 2 is 1.75 bits per heavy atom. The Morgan fingerprint density at radius 3 is 2.54 bits per heavy atom. The van der Waals surface area contributed by atoms with Gasteiger partial charge in [0.2, 0.25) is 0 Å². The van der Waals surface area contributed by atoms with E-state index in [0.29, 0.717) is 0 Å². The summed E-state index contributed by atoms with van der Waals surface area (Å²) in [5.41, 5.74) is 7.40. The zero-order valence-corrected chi connectivity index (χ0v) is 14.1. The second-order valence-corrected chi connectivity index (χ2v) is 6.09. The van der Waals surface area contributed by atoms with Crippen LogP contribution in [0, 0.1) is 6.92 Å². The molecule has 0 unspecified atom stereocenters. The van der Waals surface area contributed by atoms with E-state index in [2.05, 4.69) is 58.3 Å². The maximum atomic E-state index is 4.72. The largest absolute Gasteiger partial charge is 0.308 e. The number of aryl methyl sites for hydroxylation is 1. The van der Waals surface area contributed by atoms with Crippen molar-refractivity contribution in [2.45, 2.75) is 6.92 Å². The van der Waals surface area contributed by atoms with E-state index in [1.807, 2.05) is 19.1 Å². The number of nitrogens with zero attached hydrogens (tertiary/aromatic N) is 5. The highest BCUT2D eigenvalue weighted by Crippen LogP contribution is 2.35. The van der Waals surface area contributed by atoms with Crippen molar-refractivity contribution < 1.29 is 0 Å². The Labute approximate surface area is 141 Å². The predicted octanol–water partition coefficient (Wildman–Crippen LogP) is 2.99. The topological polar surface area (TPSA) is 45.2 Å². The molecular weight excluding hydrogens is 298 g/mol. The van der Waals surface area contributed by atoms with Crippen LogP contribution in [0.5, 0.6) is 0 Å². The molecule has 0 saturated heterocycles. The maximum absolute atomic E-state index is 4.72. The molecule has 0 fully saturated rings. The van der Waals surface area contributed by atoms with E-state index >= 15 is 0 Å². The predicted molar refractivity (Wildman–Crippen MR) is 95.7 cm³/mol. The molecule has 0 atom stereocenters. The molecule has 5 nitrogen and oxygen atoms in total. The van der Waals surface area contributed by atoms with Crippen LogP contribution in [0.25, 0.3) is 22.3 Å². The maximum Gasteiger partial charge on any atom is 0.0893 e. The van der Waals surface area contributed by atoms with Crippen LogP contribution < -0.4 is 0 Å². The fraction of sp³-hybridized carbons (Fsp3) is 0.211. The van der Waals surface area contributed by atoms with Crippen LogP contribution in [-0.4, -0.2) is 45.6 Å². The summed E-state index contributed by atoms with van der Waals surface area (Å²) < 4.78 is 0. The summed E-state index contributed by atoms with van der Waals surface area (Å²) in [7, 11) is 4.17. The molecule has 0 spiro atoms. The molecule has 0 radical (unpaired) electrons. The van der Waals surface area contributed by atoms with Crippen LogP contribution in [0.2, 0.25) is 0 Å². The van der Waals surface area contributed by atoms with Crippen LogP contribution in [0.3, 0.4) is 0 Å². The molecule has 0 amide bonds. The van der Waals surface area contributed by atoms with Gasteiger partial charge in [-0.1, -0.05) is 12.1 Å². The minimum absolute atomic E-state index is 0.834. The van der Waals surface area contributed by atoms with Gasteiger partial charge in [0.1, 0.15) is 0 Å². The van der Waals surface area contributed by atoms with Gasteiger partial charge in [-0.15, -0.1) is 0 Å². The van der Waals surface area contributed by atoms with E-state index in [4.69, 9.17) is 4.98 Å². The van der Waals surface area contributed by atoms with Crippen LogP contribution >= 0.6 is 0 Å². The summed E-state index contributed by atoms with van der Waals surface area (Å²) in [5.74, 6) is 0. The second kappa shape index (κ2) is 5.69. The highest BCUT2D eigenvalue weighted by atomic mass is 15.6. The summed E-state index contributed by atoms with van der Waals surface area (Å²) in [6.07, 6.45) is 3.45. The third-order valence-corrected chi connectivity index (χ3v) is 4.45. The third kappa shape index (κ3) is 2.43. The minimum Gasteiger partial charge on any atom is -0.308 e. The number of hydrogen-bond acceptors (Lipinski definition) is 5. The van der Waals surface area contributed by atoms with Gasteiger partial charge in [0.15, 0.2) is 0 Å². The molecule has 3 aromatic rings. The molecule has 1 aromatic carbocycles. The Balaban J connectivity index is 1.91. The van der Waals surface area contributed by atoms with E-state index in [1.165, 1.54) is 11.3 Å². The number of benzene rings is 1. The summed E-state index contributed by atoms with van der Waals surface area (Å²) >= 11 is 0. The second-order valence-electron chi connectivity index (χ2n) is 6.09. The van der Waals surface area contributed by atoms with Gasteiger partial charge in [-0.05, 0) is 31.2 Å². The van der Waals surface area contributed by atoms with E-state index in [-0.39, 0.29) is 0 Å². The van der Waals surface area contributed by atoms with Crippen molar-refractivity contribution in [3.63, 3.8) is 0 Å². The lowest BCUT2D eigenvalue weighted by atomic mass is 10.0. The van der Waals surface area contributed by atoms with E-state index in [9.17, 15) is 0 Å². The van der Waals surface area contributed by atoms with Crippen molar-refractivity contribution in [2.24, 2.45) is 0 Å². The van der Waals surface area contributed by atoms with E-state index < -0.39 is 0 Å². The average Bonchev–Trinajstić information content (AvgIpc) is 2.90. The molecule has 0 bridgehead atoms. The highest BCUT2D eigenvalue weighted by molar-refractivity contribution is 5.93. The molecule has 24 heavy (non-hydrogen) atoms. The molecule has 0 saturated carbocycles. The van der Waals surface area contributed by atoms with Crippen molar-refractivity contribution in [1.82, 2.24) is 25.0 Å². The number of pyridine rings is 1. The molecule has 0 aliphatic carbocycles. The van der Waals surface area contributed by atoms with Gasteiger partial charge in [0.05, 0.1) is 22.4 Å². The molecular formula is C19H19N5. The van der Waals surface area contributed by atoms with E-state index in [0.717, 1.165) is 34.5 Å². The summed E-state index contributed by atoms with van der Waals surface area (Å²) in [5, 5.41) is 4.37. The molecule has 120 valence electrons. The van der Waals surface area contributed by atoms with E-state index in [1.54, 1.807) is 12.4 Å². The molecule has 5 heteroatoms. The Kier molecular flexibility index (Phi) is 3.50. The van der Waals surface area contributed by atoms with Crippen molar-refractivity contribution in [1.29, 1.82) is 0 Å². The van der Waals surface area contributed by atoms with Crippen molar-refractivity contribution in [2.75, 3.05) is 20.6 Å². The lowest BCUT2D eigenvalue weighted by Crippen LogP contribution is -2.29. The first-order valence-corrected chi connectivity index (χ1v) is 7.96. The Bertz CT molecular complexity index is 947. The highest BCUT2D eigenvalue weighted by Gasteiger charge is 2.27. The van der Waals surface area contributed by atoms with Gasteiger partial charge in [0, 0.05) is 49.9 Å². The average molecular weight is 317 g/mol. The normalized spacial score (nSPS) is 15.5. The number of likely N-dealkylation sites (N-methyl/N-ethyl adjacent to an activating group) is 1. The SMILES string of the molecule is Cc1cccc(C2=C(c3ccc4nccnc4c3)N(C)N(C)C2)n1. The van der Waals surface area contributed by atoms with Gasteiger partial charge in [-0.3, -0.25) is 15.0 Å². The molecule has 1 aliphatic heterocycles. The van der Waals surface area contributed by atoms with Crippen molar-refractivity contribution in [3.8, 4) is 0 Å². The zero-order chi connectivity index (χ0) is 16.7. The fourth-order valence-electron chi connectivity index (χ4n) is 3.16. The van der Waals surface area contributed by atoms with Crippen molar-refractivity contribution >= 4 is 22.3 Å². The van der Waals surface area contributed by atoms with Crippen LogP contribution in [-0.2, 0) is 0 Å². The van der Waals surface area contributed by atoms with Gasteiger partial charge < -0.3 is 5.01 Å². The number of fused-ring (bicyclic) bond motifs is 1. The lowest BCUT2D eigenvalue weighted by Gasteiger charge is -2.24. The Hall–Kier alpha value is -2.79. The third-order valence-electron chi connectivity index (χ3n) is 4.45. The summed E-state index contributed by atoms with van der Waals surface area (Å²) in [4.78, 5) is 13.5. The first-order chi connectivity index (χ1) is 11.6. The smallest absolute Gasteiger partial charge is 0.0893 e. The number of hydrazine groups is 1. The van der Waals surface area contributed by atoms with Gasteiger partial charge in [0.25, 0.3) is 0 Å². The van der Waals surface area contributed by atoms with Crippen LogP contribution in [0.1, 0.15) is 17.0 Å². The summed E-state index contributed by atoms with van der Waals surface area (Å²) in [6.45, 7) is 2.86. The number of hydrogen-bond donors (Lipinski definition) is 0. The number of aromatic nitrogens is 3.